The molecule has 1 rings (SSSR count). The van der Waals surface area contributed by atoms with Crippen LogP contribution in [0.4, 0.5) is 0 Å². The highest BCUT2D eigenvalue weighted by molar-refractivity contribution is 6.32. The van der Waals surface area contributed by atoms with Crippen LogP contribution in [0.25, 0.3) is 0 Å². The van der Waals surface area contributed by atoms with Gasteiger partial charge in [-0.3, -0.25) is 4.79 Å². The average molecular weight is 190 g/mol. The molecular formula is C11H15BO2. The van der Waals surface area contributed by atoms with Gasteiger partial charge < -0.3 is 4.74 Å². The summed E-state index contributed by atoms with van der Waals surface area (Å²) in [6, 6.07) is 7.92. The third-order valence-electron chi connectivity index (χ3n) is 2.44. The average Bonchev–Trinajstić information content (AvgIpc) is 2.16. The third kappa shape index (κ3) is 1.98. The second-order valence-corrected chi connectivity index (χ2v) is 3.99. The Bertz CT molecular complexity index is 345. The van der Waals surface area contributed by atoms with Crippen LogP contribution in [0.3, 0.4) is 0 Å². The number of hydrogen-bond donors (Lipinski definition) is 0. The van der Waals surface area contributed by atoms with Crippen molar-refractivity contribution >= 4 is 19.3 Å². The van der Waals surface area contributed by atoms with Gasteiger partial charge in [0.25, 0.3) is 0 Å². The summed E-state index contributed by atoms with van der Waals surface area (Å²) in [5.41, 5.74) is 1.57. The number of carbonyl (C=O) groups is 1. The van der Waals surface area contributed by atoms with E-state index in [9.17, 15) is 4.79 Å². The first-order chi connectivity index (χ1) is 6.48. The minimum Gasteiger partial charge on any atom is -0.468 e. The van der Waals surface area contributed by atoms with Crippen LogP contribution in [0.15, 0.2) is 24.3 Å². The molecule has 0 aliphatic heterocycles. The molecule has 3 heteroatoms. The number of ether oxygens (including phenoxy) is 1. The van der Waals surface area contributed by atoms with Crippen molar-refractivity contribution in [1.82, 2.24) is 0 Å². The number of benzene rings is 1. The van der Waals surface area contributed by atoms with Gasteiger partial charge in [0.1, 0.15) is 7.85 Å². The fourth-order valence-electron chi connectivity index (χ4n) is 1.41. The molecule has 0 unspecified atom stereocenters. The van der Waals surface area contributed by atoms with Crippen molar-refractivity contribution in [2.24, 2.45) is 0 Å². The van der Waals surface area contributed by atoms with E-state index >= 15 is 0 Å². The van der Waals surface area contributed by atoms with E-state index in [1.165, 1.54) is 7.11 Å². The van der Waals surface area contributed by atoms with Gasteiger partial charge in [0.2, 0.25) is 0 Å². The molecule has 0 saturated carbocycles. The predicted octanol–water partition coefficient (Wildman–Crippen LogP) is 0.396. The lowest BCUT2D eigenvalue weighted by atomic mass is 9.81. The summed E-state index contributed by atoms with van der Waals surface area (Å²) in [6.07, 6.45) is 0. The van der Waals surface area contributed by atoms with Gasteiger partial charge in [-0.15, -0.1) is 0 Å². The first-order valence-electron chi connectivity index (χ1n) is 4.64. The number of carbonyl (C=O) groups excluding carboxylic acids is 1. The van der Waals surface area contributed by atoms with Crippen LogP contribution in [-0.4, -0.2) is 20.9 Å². The second kappa shape index (κ2) is 3.87. The molecular weight excluding hydrogens is 175 g/mol. The molecule has 0 bridgehead atoms. The summed E-state index contributed by atoms with van der Waals surface area (Å²) in [4.78, 5) is 11.5. The number of methoxy groups -OCH3 is 1. The Morgan fingerprint density at radius 1 is 1.43 bits per heavy atom. The van der Waals surface area contributed by atoms with Crippen LogP contribution in [0.2, 0.25) is 0 Å². The van der Waals surface area contributed by atoms with Crippen molar-refractivity contribution in [1.29, 1.82) is 0 Å². The SMILES string of the molecule is Bc1cccc(C(C)(C)C(=O)OC)c1. The number of rotatable bonds is 2. The molecule has 0 aliphatic carbocycles. The van der Waals surface area contributed by atoms with E-state index in [0.29, 0.717) is 0 Å². The topological polar surface area (TPSA) is 26.3 Å². The van der Waals surface area contributed by atoms with Gasteiger partial charge in [-0.1, -0.05) is 29.7 Å². The first kappa shape index (κ1) is 10.8. The zero-order chi connectivity index (χ0) is 10.8. The zero-order valence-corrected chi connectivity index (χ0v) is 9.13. The maximum atomic E-state index is 11.5. The van der Waals surface area contributed by atoms with E-state index in [-0.39, 0.29) is 5.97 Å². The van der Waals surface area contributed by atoms with Crippen LogP contribution in [0, 0.1) is 0 Å². The van der Waals surface area contributed by atoms with E-state index < -0.39 is 5.41 Å². The molecule has 0 saturated heterocycles. The van der Waals surface area contributed by atoms with Crippen molar-refractivity contribution in [2.75, 3.05) is 7.11 Å². The number of esters is 1. The van der Waals surface area contributed by atoms with Gasteiger partial charge >= 0.3 is 5.97 Å². The third-order valence-corrected chi connectivity index (χ3v) is 2.44. The molecule has 0 aliphatic rings. The molecule has 0 spiro atoms. The normalized spacial score (nSPS) is 11.1. The van der Waals surface area contributed by atoms with Crippen LogP contribution < -0.4 is 5.46 Å². The van der Waals surface area contributed by atoms with E-state index in [4.69, 9.17) is 4.74 Å². The maximum Gasteiger partial charge on any atom is 0.315 e. The summed E-state index contributed by atoms with van der Waals surface area (Å²) >= 11 is 0. The Morgan fingerprint density at radius 2 is 2.07 bits per heavy atom. The minimum atomic E-state index is -0.569. The maximum absolute atomic E-state index is 11.5. The van der Waals surface area contributed by atoms with Crippen molar-refractivity contribution in [3.8, 4) is 0 Å². The van der Waals surface area contributed by atoms with Crippen LogP contribution in [0.5, 0.6) is 0 Å². The van der Waals surface area contributed by atoms with Crippen LogP contribution in [0.1, 0.15) is 19.4 Å². The van der Waals surface area contributed by atoms with E-state index in [0.717, 1.165) is 11.0 Å². The molecule has 0 N–H and O–H groups in total. The fraction of sp³-hybridized carbons (Fsp3) is 0.364. The molecule has 0 fully saturated rings. The largest absolute Gasteiger partial charge is 0.468 e. The lowest BCUT2D eigenvalue weighted by molar-refractivity contribution is -0.146. The summed E-state index contributed by atoms with van der Waals surface area (Å²) < 4.78 is 4.77. The van der Waals surface area contributed by atoms with E-state index in [2.05, 4.69) is 0 Å². The lowest BCUT2D eigenvalue weighted by Crippen LogP contribution is -2.31. The van der Waals surface area contributed by atoms with E-state index in [1.807, 2.05) is 46.0 Å². The molecule has 0 amide bonds. The van der Waals surface area contributed by atoms with Crippen molar-refractivity contribution in [3.05, 3.63) is 29.8 Å². The molecule has 0 radical (unpaired) electrons. The van der Waals surface area contributed by atoms with Gasteiger partial charge in [-0.25, -0.2) is 0 Å². The Hall–Kier alpha value is -1.25. The van der Waals surface area contributed by atoms with Crippen molar-refractivity contribution in [2.45, 2.75) is 19.3 Å². The van der Waals surface area contributed by atoms with Gasteiger partial charge in [-0.2, -0.15) is 0 Å². The van der Waals surface area contributed by atoms with Gasteiger partial charge in [-0.05, 0) is 19.4 Å². The zero-order valence-electron chi connectivity index (χ0n) is 9.13. The Balaban J connectivity index is 3.09. The molecule has 1 aromatic carbocycles. The smallest absolute Gasteiger partial charge is 0.315 e. The highest BCUT2D eigenvalue weighted by Gasteiger charge is 2.30. The predicted molar refractivity (Wildman–Crippen MR) is 59.7 cm³/mol. The summed E-state index contributed by atoms with van der Waals surface area (Å²) in [6.45, 7) is 3.74. The summed E-state index contributed by atoms with van der Waals surface area (Å²) in [5, 5.41) is 0. The molecule has 74 valence electrons. The highest BCUT2D eigenvalue weighted by Crippen LogP contribution is 2.23. The quantitative estimate of drug-likeness (QED) is 0.498. The van der Waals surface area contributed by atoms with Gasteiger partial charge in [0, 0.05) is 0 Å². The molecule has 2 nitrogen and oxygen atoms in total. The summed E-state index contributed by atoms with van der Waals surface area (Å²) in [7, 11) is 3.43. The first-order valence-corrected chi connectivity index (χ1v) is 4.64. The highest BCUT2D eigenvalue weighted by atomic mass is 16.5. The molecule has 14 heavy (non-hydrogen) atoms. The molecule has 1 aromatic rings. The molecule has 0 atom stereocenters. The summed E-state index contributed by atoms with van der Waals surface area (Å²) in [5.74, 6) is -0.205. The standard InChI is InChI=1S/C11H15BO2/c1-11(2,10(13)14-3)8-5-4-6-9(12)7-8/h4-7H,12H2,1-3H3. The van der Waals surface area contributed by atoms with Gasteiger partial charge in [0.05, 0.1) is 12.5 Å². The molecule has 0 heterocycles. The Morgan fingerprint density at radius 3 is 2.57 bits per heavy atom. The van der Waals surface area contributed by atoms with Crippen molar-refractivity contribution < 1.29 is 9.53 Å². The lowest BCUT2D eigenvalue weighted by Gasteiger charge is -2.22. The second-order valence-electron chi connectivity index (χ2n) is 3.99. The van der Waals surface area contributed by atoms with Crippen molar-refractivity contribution in [3.63, 3.8) is 0 Å². The Kier molecular flexibility index (Phi) is 2.99. The van der Waals surface area contributed by atoms with Crippen LogP contribution in [-0.2, 0) is 14.9 Å². The minimum absolute atomic E-state index is 0.205. The monoisotopic (exact) mass is 190 g/mol. The van der Waals surface area contributed by atoms with Gasteiger partial charge in [0.15, 0.2) is 0 Å². The molecule has 0 aromatic heterocycles. The van der Waals surface area contributed by atoms with Crippen LogP contribution >= 0.6 is 0 Å². The number of hydrogen-bond acceptors (Lipinski definition) is 2. The fourth-order valence-corrected chi connectivity index (χ4v) is 1.41. The van der Waals surface area contributed by atoms with E-state index in [1.54, 1.807) is 0 Å². The Labute approximate surface area is 85.7 Å².